The van der Waals surface area contributed by atoms with Gasteiger partial charge in [0.25, 0.3) is 0 Å². The topological polar surface area (TPSA) is 36.4 Å². The standard InChI is InChI=1S/C14H23N3/c1-5-16-14(15-4)17-7-6-13-9-11(2)8-12(3)10-13/h8-10H,5-7H2,1-4H3,(H2,15,16,17). The van der Waals surface area contributed by atoms with Crippen LogP contribution < -0.4 is 10.6 Å². The molecule has 0 aliphatic rings. The Hall–Kier alpha value is -1.51. The average Bonchev–Trinajstić information content (AvgIpc) is 2.26. The zero-order chi connectivity index (χ0) is 12.7. The van der Waals surface area contributed by atoms with Crippen molar-refractivity contribution in [2.45, 2.75) is 27.2 Å². The molecule has 17 heavy (non-hydrogen) atoms. The second kappa shape index (κ2) is 6.94. The molecule has 2 N–H and O–H groups in total. The SMILES string of the molecule is CCNC(=NC)NCCc1cc(C)cc(C)c1. The molecule has 0 unspecified atom stereocenters. The van der Waals surface area contributed by atoms with E-state index in [1.54, 1.807) is 7.05 Å². The molecule has 0 saturated heterocycles. The third-order valence-electron chi connectivity index (χ3n) is 2.56. The molecule has 0 amide bonds. The van der Waals surface area contributed by atoms with E-state index in [0.717, 1.165) is 25.5 Å². The van der Waals surface area contributed by atoms with E-state index in [9.17, 15) is 0 Å². The van der Waals surface area contributed by atoms with Gasteiger partial charge in [0.1, 0.15) is 0 Å². The molecule has 1 aromatic rings. The maximum Gasteiger partial charge on any atom is 0.190 e. The average molecular weight is 233 g/mol. The monoisotopic (exact) mass is 233 g/mol. The number of nitrogens with one attached hydrogen (secondary N) is 2. The van der Waals surface area contributed by atoms with Crippen molar-refractivity contribution < 1.29 is 0 Å². The molecule has 0 saturated carbocycles. The van der Waals surface area contributed by atoms with Crippen LogP contribution in [0.5, 0.6) is 0 Å². The molecule has 0 heterocycles. The Kier molecular flexibility index (Phi) is 5.53. The van der Waals surface area contributed by atoms with Crippen LogP contribution in [0.2, 0.25) is 0 Å². The highest BCUT2D eigenvalue weighted by Crippen LogP contribution is 2.08. The van der Waals surface area contributed by atoms with Crippen LogP contribution in [0.15, 0.2) is 23.2 Å². The molecule has 0 aliphatic heterocycles. The smallest absolute Gasteiger partial charge is 0.190 e. The molecule has 94 valence electrons. The third-order valence-corrected chi connectivity index (χ3v) is 2.56. The molecule has 0 fully saturated rings. The van der Waals surface area contributed by atoms with E-state index in [-0.39, 0.29) is 0 Å². The Balaban J connectivity index is 2.45. The summed E-state index contributed by atoms with van der Waals surface area (Å²) in [6.45, 7) is 8.14. The highest BCUT2D eigenvalue weighted by atomic mass is 15.2. The molecule has 1 aromatic carbocycles. The summed E-state index contributed by atoms with van der Waals surface area (Å²) in [6, 6.07) is 6.68. The van der Waals surface area contributed by atoms with Gasteiger partial charge in [-0.3, -0.25) is 4.99 Å². The van der Waals surface area contributed by atoms with E-state index in [0.29, 0.717) is 0 Å². The number of nitrogens with zero attached hydrogens (tertiary/aromatic N) is 1. The summed E-state index contributed by atoms with van der Waals surface area (Å²) in [5, 5.41) is 6.48. The maximum absolute atomic E-state index is 4.14. The van der Waals surface area contributed by atoms with Gasteiger partial charge >= 0.3 is 0 Å². The molecule has 3 nitrogen and oxygen atoms in total. The van der Waals surface area contributed by atoms with Crippen LogP contribution in [-0.4, -0.2) is 26.1 Å². The van der Waals surface area contributed by atoms with Crippen molar-refractivity contribution >= 4 is 5.96 Å². The van der Waals surface area contributed by atoms with Crippen molar-refractivity contribution in [1.29, 1.82) is 0 Å². The first-order valence-electron chi connectivity index (χ1n) is 6.17. The van der Waals surface area contributed by atoms with Gasteiger partial charge in [0.05, 0.1) is 0 Å². The van der Waals surface area contributed by atoms with Crippen LogP contribution in [0.4, 0.5) is 0 Å². The maximum atomic E-state index is 4.14. The first kappa shape index (κ1) is 13.6. The van der Waals surface area contributed by atoms with Crippen LogP contribution in [0.25, 0.3) is 0 Å². The van der Waals surface area contributed by atoms with Gasteiger partial charge in [0.2, 0.25) is 0 Å². The molecule has 0 aromatic heterocycles. The number of benzene rings is 1. The number of guanidine groups is 1. The molecule has 0 spiro atoms. The Morgan fingerprint density at radius 1 is 1.12 bits per heavy atom. The lowest BCUT2D eigenvalue weighted by atomic mass is 10.1. The van der Waals surface area contributed by atoms with Gasteiger partial charge in [0.15, 0.2) is 5.96 Å². The zero-order valence-electron chi connectivity index (χ0n) is 11.3. The Bertz CT molecular complexity index is 363. The number of hydrogen-bond acceptors (Lipinski definition) is 1. The minimum atomic E-state index is 0.872. The lowest BCUT2D eigenvalue weighted by molar-refractivity contribution is 0.809. The molecular formula is C14H23N3. The van der Waals surface area contributed by atoms with Gasteiger partial charge in [-0.2, -0.15) is 0 Å². The van der Waals surface area contributed by atoms with E-state index < -0.39 is 0 Å². The van der Waals surface area contributed by atoms with Gasteiger partial charge in [-0.15, -0.1) is 0 Å². The first-order chi connectivity index (χ1) is 8.15. The molecule has 0 bridgehead atoms. The molecule has 1 rings (SSSR count). The van der Waals surface area contributed by atoms with Crippen LogP contribution in [0.1, 0.15) is 23.6 Å². The predicted molar refractivity (Wildman–Crippen MR) is 74.7 cm³/mol. The Morgan fingerprint density at radius 2 is 1.76 bits per heavy atom. The van der Waals surface area contributed by atoms with Gasteiger partial charge in [0, 0.05) is 20.1 Å². The number of aryl methyl sites for hydroxylation is 2. The Morgan fingerprint density at radius 3 is 2.29 bits per heavy atom. The summed E-state index contributed by atoms with van der Waals surface area (Å²) < 4.78 is 0. The quantitative estimate of drug-likeness (QED) is 0.616. The largest absolute Gasteiger partial charge is 0.357 e. The minimum absolute atomic E-state index is 0.872. The number of rotatable bonds is 4. The van der Waals surface area contributed by atoms with Crippen LogP contribution in [0.3, 0.4) is 0 Å². The Labute approximate surface area is 104 Å². The highest BCUT2D eigenvalue weighted by Gasteiger charge is 1.98. The van der Waals surface area contributed by atoms with E-state index in [2.05, 4.69) is 54.6 Å². The van der Waals surface area contributed by atoms with Crippen LogP contribution in [-0.2, 0) is 6.42 Å². The van der Waals surface area contributed by atoms with Gasteiger partial charge in [-0.1, -0.05) is 29.3 Å². The molecular weight excluding hydrogens is 210 g/mol. The zero-order valence-corrected chi connectivity index (χ0v) is 11.3. The first-order valence-corrected chi connectivity index (χ1v) is 6.17. The van der Waals surface area contributed by atoms with Crippen molar-refractivity contribution in [1.82, 2.24) is 10.6 Å². The summed E-state index contributed by atoms with van der Waals surface area (Å²) in [6.07, 6.45) is 1.02. The normalized spacial score (nSPS) is 11.4. The molecule has 0 atom stereocenters. The lowest BCUT2D eigenvalue weighted by Gasteiger charge is -2.10. The van der Waals surface area contributed by atoms with Crippen LogP contribution in [0, 0.1) is 13.8 Å². The fourth-order valence-corrected chi connectivity index (χ4v) is 1.93. The second-order valence-corrected chi connectivity index (χ2v) is 4.28. The van der Waals surface area contributed by atoms with E-state index in [1.165, 1.54) is 16.7 Å². The summed E-state index contributed by atoms with van der Waals surface area (Å²) in [5.74, 6) is 0.872. The molecule has 0 radical (unpaired) electrons. The molecule has 0 aliphatic carbocycles. The minimum Gasteiger partial charge on any atom is -0.357 e. The predicted octanol–water partition coefficient (Wildman–Crippen LogP) is 2.03. The van der Waals surface area contributed by atoms with Crippen molar-refractivity contribution in [3.05, 3.63) is 34.9 Å². The van der Waals surface area contributed by atoms with Crippen molar-refractivity contribution in [3.63, 3.8) is 0 Å². The number of hydrogen-bond donors (Lipinski definition) is 2. The van der Waals surface area contributed by atoms with Gasteiger partial charge in [-0.25, -0.2) is 0 Å². The molecule has 3 heteroatoms. The van der Waals surface area contributed by atoms with E-state index >= 15 is 0 Å². The van der Waals surface area contributed by atoms with E-state index in [4.69, 9.17) is 0 Å². The van der Waals surface area contributed by atoms with Gasteiger partial charge in [-0.05, 0) is 32.8 Å². The van der Waals surface area contributed by atoms with Crippen molar-refractivity contribution in [2.24, 2.45) is 4.99 Å². The second-order valence-electron chi connectivity index (χ2n) is 4.28. The third kappa shape index (κ3) is 4.89. The van der Waals surface area contributed by atoms with Gasteiger partial charge < -0.3 is 10.6 Å². The lowest BCUT2D eigenvalue weighted by Crippen LogP contribution is -2.38. The van der Waals surface area contributed by atoms with E-state index in [1.807, 2.05) is 0 Å². The summed E-state index contributed by atoms with van der Waals surface area (Å²) >= 11 is 0. The van der Waals surface area contributed by atoms with Crippen LogP contribution >= 0.6 is 0 Å². The highest BCUT2D eigenvalue weighted by molar-refractivity contribution is 5.79. The number of aliphatic imine (C=N–C) groups is 1. The fourth-order valence-electron chi connectivity index (χ4n) is 1.93. The fraction of sp³-hybridized carbons (Fsp3) is 0.500. The summed E-state index contributed by atoms with van der Waals surface area (Å²) in [5.41, 5.74) is 4.04. The van der Waals surface area contributed by atoms with Crippen molar-refractivity contribution in [3.8, 4) is 0 Å². The summed E-state index contributed by atoms with van der Waals surface area (Å²) in [4.78, 5) is 4.14. The summed E-state index contributed by atoms with van der Waals surface area (Å²) in [7, 11) is 1.79. The van der Waals surface area contributed by atoms with Crippen molar-refractivity contribution in [2.75, 3.05) is 20.1 Å².